The summed E-state index contributed by atoms with van der Waals surface area (Å²) >= 11 is 5.85. The number of benzene rings is 2. The Balaban J connectivity index is 2.13. The van der Waals surface area contributed by atoms with E-state index in [1.807, 2.05) is 36.4 Å². The Bertz CT molecular complexity index is 645. The number of carboxylic acids is 1. The van der Waals surface area contributed by atoms with E-state index in [1.165, 1.54) is 0 Å². The molecule has 0 heterocycles. The van der Waals surface area contributed by atoms with Crippen molar-refractivity contribution >= 4 is 17.6 Å². The molecule has 4 heteroatoms. The van der Waals surface area contributed by atoms with Crippen molar-refractivity contribution in [2.45, 2.75) is 12.5 Å². The maximum atomic E-state index is 10.7. The predicted octanol–water partition coefficient (Wildman–Crippen LogP) is 4.07. The van der Waals surface area contributed by atoms with Gasteiger partial charge >= 0.3 is 5.97 Å². The Morgan fingerprint density at radius 2 is 1.52 bits per heavy atom. The lowest BCUT2D eigenvalue weighted by atomic mass is 9.99. The molecule has 0 aliphatic rings. The molecule has 0 fully saturated rings. The van der Waals surface area contributed by atoms with Gasteiger partial charge in [0.2, 0.25) is 0 Å². The van der Waals surface area contributed by atoms with Crippen molar-refractivity contribution in [3.63, 3.8) is 0 Å². The van der Waals surface area contributed by atoms with Crippen LogP contribution in [0.15, 0.2) is 60.7 Å². The minimum Gasteiger partial charge on any atom is -0.478 e. The van der Waals surface area contributed by atoms with Crippen molar-refractivity contribution in [3.05, 3.63) is 71.3 Å². The SMILES string of the molecule is C=C(CC(O)c1ccc(-c2ccc(Cl)cc2)cc1)C(=O)O. The van der Waals surface area contributed by atoms with E-state index in [0.717, 1.165) is 11.1 Å². The maximum absolute atomic E-state index is 10.7. The third-order valence-electron chi connectivity index (χ3n) is 3.22. The van der Waals surface area contributed by atoms with Crippen LogP contribution in [-0.4, -0.2) is 16.2 Å². The molecule has 0 radical (unpaired) electrons. The molecule has 0 spiro atoms. The molecule has 0 saturated heterocycles. The van der Waals surface area contributed by atoms with Crippen LogP contribution in [0.3, 0.4) is 0 Å². The van der Waals surface area contributed by atoms with E-state index in [0.29, 0.717) is 10.6 Å². The van der Waals surface area contributed by atoms with Gasteiger partial charge in [0.05, 0.1) is 6.10 Å². The van der Waals surface area contributed by atoms with E-state index in [-0.39, 0.29) is 12.0 Å². The molecule has 3 nitrogen and oxygen atoms in total. The number of rotatable bonds is 5. The van der Waals surface area contributed by atoms with Gasteiger partial charge in [-0.25, -0.2) is 4.79 Å². The Morgan fingerprint density at radius 3 is 2.00 bits per heavy atom. The van der Waals surface area contributed by atoms with Gasteiger partial charge in [-0.15, -0.1) is 0 Å². The van der Waals surface area contributed by atoms with Crippen LogP contribution in [0, 0.1) is 0 Å². The smallest absolute Gasteiger partial charge is 0.331 e. The van der Waals surface area contributed by atoms with Gasteiger partial charge in [-0.2, -0.15) is 0 Å². The molecule has 21 heavy (non-hydrogen) atoms. The van der Waals surface area contributed by atoms with Crippen LogP contribution in [0.5, 0.6) is 0 Å². The van der Waals surface area contributed by atoms with E-state index < -0.39 is 12.1 Å². The van der Waals surface area contributed by atoms with E-state index in [4.69, 9.17) is 16.7 Å². The number of halogens is 1. The minimum atomic E-state index is -1.09. The third-order valence-corrected chi connectivity index (χ3v) is 3.47. The van der Waals surface area contributed by atoms with Crippen LogP contribution in [0.4, 0.5) is 0 Å². The first-order valence-corrected chi connectivity index (χ1v) is 6.80. The number of carbonyl (C=O) groups is 1. The molecular formula is C17H15ClO3. The van der Waals surface area contributed by atoms with E-state index >= 15 is 0 Å². The van der Waals surface area contributed by atoms with Gasteiger partial charge in [0, 0.05) is 17.0 Å². The summed E-state index contributed by atoms with van der Waals surface area (Å²) in [7, 11) is 0. The third kappa shape index (κ3) is 3.94. The van der Waals surface area contributed by atoms with Gasteiger partial charge in [0.25, 0.3) is 0 Å². The molecule has 1 atom stereocenters. The summed E-state index contributed by atoms with van der Waals surface area (Å²) < 4.78 is 0. The highest BCUT2D eigenvalue weighted by Crippen LogP contribution is 2.25. The lowest BCUT2D eigenvalue weighted by Crippen LogP contribution is -2.05. The maximum Gasteiger partial charge on any atom is 0.331 e. The van der Waals surface area contributed by atoms with Crippen LogP contribution < -0.4 is 0 Å². The fourth-order valence-corrected chi connectivity index (χ4v) is 2.10. The Labute approximate surface area is 128 Å². The van der Waals surface area contributed by atoms with E-state index in [9.17, 15) is 9.90 Å². The Kier molecular flexibility index (Phi) is 4.78. The lowest BCUT2D eigenvalue weighted by molar-refractivity contribution is -0.133. The van der Waals surface area contributed by atoms with Crippen molar-refractivity contribution in [1.29, 1.82) is 0 Å². The topological polar surface area (TPSA) is 57.5 Å². The van der Waals surface area contributed by atoms with Crippen molar-refractivity contribution in [1.82, 2.24) is 0 Å². The molecule has 2 N–H and O–H groups in total. The molecule has 2 aromatic carbocycles. The minimum absolute atomic E-state index is 0.00955. The van der Waals surface area contributed by atoms with Gasteiger partial charge in [0.15, 0.2) is 0 Å². The Hall–Kier alpha value is -2.10. The molecule has 108 valence electrons. The molecular weight excluding hydrogens is 288 g/mol. The van der Waals surface area contributed by atoms with Crippen molar-refractivity contribution in [3.8, 4) is 11.1 Å². The molecule has 0 aromatic heterocycles. The molecule has 2 aromatic rings. The fourth-order valence-electron chi connectivity index (χ4n) is 1.98. The highest BCUT2D eigenvalue weighted by Gasteiger charge is 2.13. The van der Waals surface area contributed by atoms with E-state index in [1.54, 1.807) is 12.1 Å². The van der Waals surface area contributed by atoms with Gasteiger partial charge in [0.1, 0.15) is 0 Å². The van der Waals surface area contributed by atoms with Gasteiger partial charge < -0.3 is 10.2 Å². The monoisotopic (exact) mass is 302 g/mol. The highest BCUT2D eigenvalue weighted by molar-refractivity contribution is 6.30. The number of aliphatic carboxylic acids is 1. The summed E-state index contributed by atoms with van der Waals surface area (Å²) in [5, 5.41) is 19.4. The van der Waals surface area contributed by atoms with Crippen LogP contribution in [-0.2, 0) is 4.79 Å². The average Bonchev–Trinajstić information content (AvgIpc) is 2.48. The standard InChI is InChI=1S/C17H15ClO3/c1-11(17(20)21)10-16(19)14-4-2-12(3-5-14)13-6-8-15(18)9-7-13/h2-9,16,19H,1,10H2,(H,20,21). The summed E-state index contributed by atoms with van der Waals surface area (Å²) in [6, 6.07) is 14.8. The number of carboxylic acid groups (broad SMARTS) is 1. The van der Waals surface area contributed by atoms with Crippen molar-refractivity contribution in [2.24, 2.45) is 0 Å². The van der Waals surface area contributed by atoms with Gasteiger partial charge in [-0.05, 0) is 28.8 Å². The first kappa shape index (κ1) is 15.3. The quantitative estimate of drug-likeness (QED) is 0.819. The summed E-state index contributed by atoms with van der Waals surface area (Å²) in [5.41, 5.74) is 2.68. The number of hydrogen-bond acceptors (Lipinski definition) is 2. The van der Waals surface area contributed by atoms with Gasteiger partial charge in [-0.1, -0.05) is 54.6 Å². The largest absolute Gasteiger partial charge is 0.478 e. The second-order valence-electron chi connectivity index (χ2n) is 4.76. The molecule has 0 amide bonds. The normalized spacial score (nSPS) is 11.9. The predicted molar refractivity (Wildman–Crippen MR) is 83.2 cm³/mol. The average molecular weight is 303 g/mol. The molecule has 2 rings (SSSR count). The van der Waals surface area contributed by atoms with Crippen LogP contribution in [0.2, 0.25) is 5.02 Å². The fraction of sp³-hybridized carbons (Fsp3) is 0.118. The zero-order chi connectivity index (χ0) is 15.4. The summed E-state index contributed by atoms with van der Waals surface area (Å²) in [5.74, 6) is -1.09. The van der Waals surface area contributed by atoms with Crippen molar-refractivity contribution in [2.75, 3.05) is 0 Å². The van der Waals surface area contributed by atoms with Gasteiger partial charge in [-0.3, -0.25) is 0 Å². The second-order valence-corrected chi connectivity index (χ2v) is 5.19. The van der Waals surface area contributed by atoms with E-state index in [2.05, 4.69) is 6.58 Å². The zero-order valence-corrected chi connectivity index (χ0v) is 12.0. The first-order chi connectivity index (χ1) is 9.97. The first-order valence-electron chi connectivity index (χ1n) is 6.42. The van der Waals surface area contributed by atoms with Crippen LogP contribution in [0.1, 0.15) is 18.1 Å². The highest BCUT2D eigenvalue weighted by atomic mass is 35.5. The molecule has 0 aliphatic heterocycles. The zero-order valence-electron chi connectivity index (χ0n) is 11.3. The van der Waals surface area contributed by atoms with Crippen molar-refractivity contribution < 1.29 is 15.0 Å². The summed E-state index contributed by atoms with van der Waals surface area (Å²) in [6.45, 7) is 3.42. The number of aliphatic hydroxyl groups excluding tert-OH is 1. The molecule has 0 aliphatic carbocycles. The number of hydrogen-bond donors (Lipinski definition) is 2. The lowest BCUT2D eigenvalue weighted by Gasteiger charge is -2.11. The summed E-state index contributed by atoms with van der Waals surface area (Å²) in [4.78, 5) is 10.7. The number of aliphatic hydroxyl groups is 1. The van der Waals surface area contributed by atoms with Crippen LogP contribution >= 0.6 is 11.6 Å². The summed E-state index contributed by atoms with van der Waals surface area (Å²) in [6.07, 6.45) is -0.858. The second kappa shape index (κ2) is 6.57. The molecule has 0 saturated carbocycles. The van der Waals surface area contributed by atoms with Crippen LogP contribution in [0.25, 0.3) is 11.1 Å². The molecule has 0 bridgehead atoms. The molecule has 1 unspecified atom stereocenters. The Morgan fingerprint density at radius 1 is 1.05 bits per heavy atom.